The highest BCUT2D eigenvalue weighted by Crippen LogP contribution is 2.28. The van der Waals surface area contributed by atoms with Gasteiger partial charge in [0.2, 0.25) is 0 Å². The van der Waals surface area contributed by atoms with Crippen molar-refractivity contribution in [3.05, 3.63) is 41.8 Å². The second-order valence-corrected chi connectivity index (χ2v) is 1.77. The molecule has 0 spiro atoms. The van der Waals surface area contributed by atoms with Gasteiger partial charge in [0.1, 0.15) is 0 Å². The molecule has 0 atom stereocenters. The fraction of sp³-hybridized carbons (Fsp3) is 0. The zero-order chi connectivity index (χ0) is 4.69. The van der Waals surface area contributed by atoms with Crippen molar-refractivity contribution in [2.45, 2.75) is 0 Å². The third-order valence-electron chi connectivity index (χ3n) is 1.22. The summed E-state index contributed by atoms with van der Waals surface area (Å²) in [5, 5.41) is 0. The molecule has 34 valence electrons. The van der Waals surface area contributed by atoms with Gasteiger partial charge in [-0.05, 0) is 0 Å². The zero-order valence-electron chi connectivity index (χ0n) is 3.89. The molecule has 0 heterocycles. The lowest BCUT2D eigenvalue weighted by atomic mass is 10.4. The van der Waals surface area contributed by atoms with Gasteiger partial charge in [-0.25, -0.2) is 0 Å². The van der Waals surface area contributed by atoms with Gasteiger partial charge in [0, 0.05) is 0 Å². The lowest BCUT2D eigenvalue weighted by Crippen LogP contribution is -1.48. The summed E-state index contributed by atoms with van der Waals surface area (Å²) in [5.74, 6) is 0. The molecule has 0 bridgehead atoms. The zero-order valence-corrected chi connectivity index (χ0v) is 3.89. The van der Waals surface area contributed by atoms with Gasteiger partial charge in [-0.15, -0.1) is 12.1 Å². The molecule has 0 radical (unpaired) electrons. The Kier molecular flexibility index (Phi) is 0.375. The van der Waals surface area contributed by atoms with E-state index in [1.165, 1.54) is 11.1 Å². The highest BCUT2D eigenvalue weighted by molar-refractivity contribution is 5.57. The second kappa shape index (κ2) is 0.836. The van der Waals surface area contributed by atoms with Crippen LogP contribution in [0.25, 0.3) is 0 Å². The van der Waals surface area contributed by atoms with E-state index in [-0.39, 0.29) is 0 Å². The minimum absolute atomic E-state index is 1.41. The molecule has 1 aromatic carbocycles. The SMILES string of the molecule is c1ccc2c(c1)[CH-]2. The average molecular weight is 89.1 g/mol. The maximum atomic E-state index is 2.17. The summed E-state index contributed by atoms with van der Waals surface area (Å²) >= 11 is 0. The Morgan fingerprint density at radius 3 is 2.00 bits per heavy atom. The van der Waals surface area contributed by atoms with Crippen molar-refractivity contribution in [2.75, 3.05) is 0 Å². The van der Waals surface area contributed by atoms with Gasteiger partial charge in [-0.3, -0.25) is 0 Å². The number of benzene rings is 1. The lowest BCUT2D eigenvalue weighted by molar-refractivity contribution is 1.77. The molecule has 7 heavy (non-hydrogen) atoms. The Bertz CT molecular complexity index is 168. The van der Waals surface area contributed by atoms with E-state index in [0.29, 0.717) is 0 Å². The van der Waals surface area contributed by atoms with E-state index < -0.39 is 0 Å². The van der Waals surface area contributed by atoms with Gasteiger partial charge < -0.3 is 0 Å². The van der Waals surface area contributed by atoms with Crippen molar-refractivity contribution in [1.29, 1.82) is 0 Å². The molecule has 0 saturated carbocycles. The number of rotatable bonds is 0. The van der Waals surface area contributed by atoms with Gasteiger partial charge in [-0.1, -0.05) is 0 Å². The highest BCUT2D eigenvalue weighted by atomic mass is 14.2. The summed E-state index contributed by atoms with van der Waals surface area (Å²) in [5.41, 5.74) is 2.81. The van der Waals surface area contributed by atoms with E-state index in [2.05, 4.69) is 30.7 Å². The molecule has 2 rings (SSSR count). The first-order chi connectivity index (χ1) is 3.47. The maximum absolute atomic E-state index is 2.17. The molecule has 0 fully saturated rings. The predicted octanol–water partition coefficient (Wildman–Crippen LogP) is 1.60. The van der Waals surface area contributed by atoms with Gasteiger partial charge in [0.15, 0.2) is 0 Å². The van der Waals surface area contributed by atoms with E-state index in [4.69, 9.17) is 0 Å². The normalized spacial score (nSPS) is 12.0. The molecule has 0 N–H and O–H groups in total. The van der Waals surface area contributed by atoms with Crippen LogP contribution in [-0.4, -0.2) is 0 Å². The summed E-state index contributed by atoms with van der Waals surface area (Å²) in [6, 6.07) is 8.36. The molecule has 1 aliphatic carbocycles. The molecule has 1 aliphatic rings. The van der Waals surface area contributed by atoms with Crippen LogP contribution in [-0.2, 0) is 0 Å². The third kappa shape index (κ3) is 0.332. The molecule has 0 aromatic heterocycles. The minimum atomic E-state index is 1.41. The Balaban J connectivity index is 2.73. The standard InChI is InChI=1S/C7H5/c1-2-4-7-5-6(7)3-1/h1-5H/q-1. The average Bonchev–Trinajstić information content (AvgIpc) is 2.41. The van der Waals surface area contributed by atoms with Crippen molar-refractivity contribution in [1.82, 2.24) is 0 Å². The quantitative estimate of drug-likeness (QED) is 0.430. The third-order valence-corrected chi connectivity index (χ3v) is 1.22. The molecule has 0 heteroatoms. The number of hydrogen-bond donors (Lipinski definition) is 0. The summed E-state index contributed by atoms with van der Waals surface area (Å²) in [4.78, 5) is 0. The fourth-order valence-electron chi connectivity index (χ4n) is 0.739. The van der Waals surface area contributed by atoms with E-state index in [9.17, 15) is 0 Å². The van der Waals surface area contributed by atoms with E-state index >= 15 is 0 Å². The first kappa shape index (κ1) is 3.14. The number of fused-ring (bicyclic) bond motifs is 1. The van der Waals surface area contributed by atoms with E-state index in [1.54, 1.807) is 0 Å². The van der Waals surface area contributed by atoms with Gasteiger partial charge in [0.05, 0.1) is 0 Å². The van der Waals surface area contributed by atoms with Crippen LogP contribution in [0.5, 0.6) is 0 Å². The van der Waals surface area contributed by atoms with Crippen LogP contribution in [0, 0.1) is 6.42 Å². The Morgan fingerprint density at radius 1 is 1.00 bits per heavy atom. The van der Waals surface area contributed by atoms with Gasteiger partial charge in [0.25, 0.3) is 0 Å². The number of hydrogen-bond acceptors (Lipinski definition) is 0. The van der Waals surface area contributed by atoms with Crippen molar-refractivity contribution in [3.8, 4) is 0 Å². The minimum Gasteiger partial charge on any atom is -0.193 e. The Morgan fingerprint density at radius 2 is 1.57 bits per heavy atom. The van der Waals surface area contributed by atoms with Gasteiger partial charge >= 0.3 is 0 Å². The van der Waals surface area contributed by atoms with E-state index in [1.807, 2.05) is 0 Å². The van der Waals surface area contributed by atoms with Crippen LogP contribution in [0.1, 0.15) is 11.1 Å². The van der Waals surface area contributed by atoms with Crippen LogP contribution >= 0.6 is 0 Å². The molecule has 1 aromatic rings. The van der Waals surface area contributed by atoms with Crippen molar-refractivity contribution in [2.24, 2.45) is 0 Å². The summed E-state index contributed by atoms with van der Waals surface area (Å²) in [7, 11) is 0. The Hall–Kier alpha value is -0.910. The van der Waals surface area contributed by atoms with Crippen molar-refractivity contribution in [3.63, 3.8) is 0 Å². The lowest BCUT2D eigenvalue weighted by Gasteiger charge is -1.78. The highest BCUT2D eigenvalue weighted by Gasteiger charge is 1.97. The van der Waals surface area contributed by atoms with Gasteiger partial charge in [-0.2, -0.15) is 29.7 Å². The van der Waals surface area contributed by atoms with Crippen LogP contribution in [0.15, 0.2) is 24.3 Å². The largest absolute Gasteiger partial charge is 0.193 e. The molecular weight excluding hydrogens is 84.1 g/mol. The monoisotopic (exact) mass is 89.0 g/mol. The molecule has 0 amide bonds. The smallest absolute Gasteiger partial charge is 0.111 e. The van der Waals surface area contributed by atoms with Crippen LogP contribution in [0.2, 0.25) is 0 Å². The molecule has 0 aliphatic heterocycles. The molecule has 0 nitrogen and oxygen atoms in total. The molecule has 0 saturated heterocycles. The fourth-order valence-corrected chi connectivity index (χ4v) is 0.739. The van der Waals surface area contributed by atoms with Crippen LogP contribution < -0.4 is 0 Å². The summed E-state index contributed by atoms with van der Waals surface area (Å²) in [6.45, 7) is 0. The first-order valence-corrected chi connectivity index (χ1v) is 2.40. The van der Waals surface area contributed by atoms with Crippen LogP contribution in [0.4, 0.5) is 0 Å². The summed E-state index contributed by atoms with van der Waals surface area (Å²) in [6.07, 6.45) is 2.17. The predicted molar refractivity (Wildman–Crippen MR) is 28.9 cm³/mol. The Labute approximate surface area is 42.8 Å². The maximum Gasteiger partial charge on any atom is -0.111 e. The van der Waals surface area contributed by atoms with E-state index in [0.717, 1.165) is 0 Å². The van der Waals surface area contributed by atoms with Crippen molar-refractivity contribution >= 4 is 0 Å². The molecule has 0 unspecified atom stereocenters. The first-order valence-electron chi connectivity index (χ1n) is 2.40. The van der Waals surface area contributed by atoms with Crippen molar-refractivity contribution < 1.29 is 0 Å². The summed E-state index contributed by atoms with van der Waals surface area (Å²) < 4.78 is 0. The van der Waals surface area contributed by atoms with Crippen LogP contribution in [0.3, 0.4) is 0 Å². The second-order valence-electron chi connectivity index (χ2n) is 1.77. The molecular formula is C7H5-. The topological polar surface area (TPSA) is 0 Å².